The predicted octanol–water partition coefficient (Wildman–Crippen LogP) is 2.08. The SMILES string of the molecule is CC1CNCCC1NC(=O)c1cc(-c2ccco2)on1.Cl. The van der Waals surface area contributed by atoms with Gasteiger partial charge in [0.1, 0.15) is 0 Å². The number of halogens is 1. The molecule has 0 aliphatic carbocycles. The molecule has 2 atom stereocenters. The van der Waals surface area contributed by atoms with Crippen LogP contribution in [0.5, 0.6) is 0 Å². The summed E-state index contributed by atoms with van der Waals surface area (Å²) in [5, 5.41) is 10.1. The summed E-state index contributed by atoms with van der Waals surface area (Å²) in [4.78, 5) is 12.2. The van der Waals surface area contributed by atoms with E-state index in [-0.39, 0.29) is 30.0 Å². The van der Waals surface area contributed by atoms with Gasteiger partial charge >= 0.3 is 0 Å². The van der Waals surface area contributed by atoms with E-state index in [4.69, 9.17) is 8.94 Å². The van der Waals surface area contributed by atoms with E-state index in [1.165, 1.54) is 0 Å². The second kappa shape index (κ2) is 6.78. The van der Waals surface area contributed by atoms with Crippen molar-refractivity contribution in [2.24, 2.45) is 5.92 Å². The summed E-state index contributed by atoms with van der Waals surface area (Å²) in [6.07, 6.45) is 2.48. The van der Waals surface area contributed by atoms with Crippen molar-refractivity contribution in [3.63, 3.8) is 0 Å². The van der Waals surface area contributed by atoms with E-state index in [0.29, 0.717) is 17.4 Å². The second-order valence-electron chi connectivity index (χ2n) is 5.10. The molecule has 1 amide bonds. The molecule has 1 fully saturated rings. The number of rotatable bonds is 3. The molecule has 2 unspecified atom stereocenters. The third-order valence-corrected chi connectivity index (χ3v) is 3.61. The van der Waals surface area contributed by atoms with Gasteiger partial charge in [0.2, 0.25) is 5.76 Å². The minimum atomic E-state index is -0.203. The first-order valence-corrected chi connectivity index (χ1v) is 6.76. The Morgan fingerprint density at radius 1 is 1.48 bits per heavy atom. The number of carbonyl (C=O) groups excluding carboxylic acids is 1. The molecule has 21 heavy (non-hydrogen) atoms. The van der Waals surface area contributed by atoms with Gasteiger partial charge in [0, 0.05) is 12.1 Å². The summed E-state index contributed by atoms with van der Waals surface area (Å²) in [5.74, 6) is 1.22. The minimum absolute atomic E-state index is 0. The Morgan fingerprint density at radius 3 is 3.05 bits per heavy atom. The van der Waals surface area contributed by atoms with Crippen molar-refractivity contribution in [2.45, 2.75) is 19.4 Å². The van der Waals surface area contributed by atoms with Crippen LogP contribution in [0.2, 0.25) is 0 Å². The first-order valence-electron chi connectivity index (χ1n) is 6.76. The molecule has 0 saturated carbocycles. The number of piperidine rings is 1. The van der Waals surface area contributed by atoms with Crippen LogP contribution < -0.4 is 10.6 Å². The van der Waals surface area contributed by atoms with Crippen molar-refractivity contribution in [3.8, 4) is 11.5 Å². The molecule has 3 heterocycles. The third kappa shape index (κ3) is 3.46. The van der Waals surface area contributed by atoms with Gasteiger partial charge in [0.25, 0.3) is 5.91 Å². The Kier molecular flexibility index (Phi) is 5.03. The lowest BCUT2D eigenvalue weighted by molar-refractivity contribution is 0.0905. The van der Waals surface area contributed by atoms with Crippen LogP contribution in [0, 0.1) is 5.92 Å². The van der Waals surface area contributed by atoms with Gasteiger partial charge in [-0.3, -0.25) is 4.79 Å². The van der Waals surface area contributed by atoms with Crippen LogP contribution in [0.1, 0.15) is 23.8 Å². The van der Waals surface area contributed by atoms with Crippen LogP contribution in [0.3, 0.4) is 0 Å². The molecule has 7 heteroatoms. The highest BCUT2D eigenvalue weighted by atomic mass is 35.5. The van der Waals surface area contributed by atoms with Crippen LogP contribution in [0.15, 0.2) is 33.4 Å². The number of hydrogen-bond donors (Lipinski definition) is 2. The van der Waals surface area contributed by atoms with Crippen LogP contribution >= 0.6 is 12.4 Å². The van der Waals surface area contributed by atoms with Gasteiger partial charge in [-0.1, -0.05) is 12.1 Å². The average molecular weight is 312 g/mol. The molecular weight excluding hydrogens is 294 g/mol. The molecule has 2 aromatic rings. The van der Waals surface area contributed by atoms with E-state index in [1.807, 2.05) is 0 Å². The summed E-state index contributed by atoms with van der Waals surface area (Å²) < 4.78 is 10.3. The maximum Gasteiger partial charge on any atom is 0.273 e. The topological polar surface area (TPSA) is 80.3 Å². The van der Waals surface area contributed by atoms with E-state index in [2.05, 4.69) is 22.7 Å². The molecule has 2 aromatic heterocycles. The number of nitrogens with zero attached hydrogens (tertiary/aromatic N) is 1. The molecule has 2 N–H and O–H groups in total. The summed E-state index contributed by atoms with van der Waals surface area (Å²) in [5.41, 5.74) is 0.280. The zero-order valence-corrected chi connectivity index (χ0v) is 12.5. The molecular formula is C14H18ClN3O3. The van der Waals surface area contributed by atoms with E-state index < -0.39 is 0 Å². The van der Waals surface area contributed by atoms with Gasteiger partial charge in [-0.25, -0.2) is 0 Å². The Bertz CT molecular complexity index is 582. The monoisotopic (exact) mass is 311 g/mol. The lowest BCUT2D eigenvalue weighted by atomic mass is 9.95. The smallest absolute Gasteiger partial charge is 0.273 e. The van der Waals surface area contributed by atoms with Gasteiger partial charge in [-0.15, -0.1) is 12.4 Å². The predicted molar refractivity (Wildman–Crippen MR) is 79.4 cm³/mol. The van der Waals surface area contributed by atoms with Crippen LogP contribution in [0.25, 0.3) is 11.5 Å². The van der Waals surface area contributed by atoms with Crippen molar-refractivity contribution >= 4 is 18.3 Å². The maximum absolute atomic E-state index is 12.2. The molecule has 1 aliphatic rings. The summed E-state index contributed by atoms with van der Waals surface area (Å²) >= 11 is 0. The third-order valence-electron chi connectivity index (χ3n) is 3.61. The van der Waals surface area contributed by atoms with Gasteiger partial charge in [0.05, 0.1) is 6.26 Å². The largest absolute Gasteiger partial charge is 0.461 e. The van der Waals surface area contributed by atoms with Crippen LogP contribution in [0.4, 0.5) is 0 Å². The standard InChI is InChI=1S/C14H17N3O3.ClH/c1-9-8-15-5-4-10(9)16-14(18)11-7-13(20-17-11)12-3-2-6-19-12;/h2-3,6-7,9-10,15H,4-5,8H2,1H3,(H,16,18);1H. The Balaban J connectivity index is 0.00000161. The average Bonchev–Trinajstić information content (AvgIpc) is 3.11. The number of amides is 1. The van der Waals surface area contributed by atoms with Gasteiger partial charge < -0.3 is 19.6 Å². The first-order chi connectivity index (χ1) is 9.74. The molecule has 0 spiro atoms. The fourth-order valence-electron chi connectivity index (χ4n) is 2.39. The van der Waals surface area contributed by atoms with Crippen molar-refractivity contribution in [3.05, 3.63) is 30.2 Å². The zero-order valence-electron chi connectivity index (χ0n) is 11.7. The highest BCUT2D eigenvalue weighted by molar-refractivity contribution is 5.93. The number of furan rings is 1. The summed E-state index contributed by atoms with van der Waals surface area (Å²) in [6.45, 7) is 3.96. The van der Waals surface area contributed by atoms with E-state index in [1.54, 1.807) is 24.5 Å². The molecule has 0 bridgehead atoms. The normalized spacial score (nSPS) is 21.6. The number of nitrogens with one attached hydrogen (secondary N) is 2. The van der Waals surface area contributed by atoms with Gasteiger partial charge in [-0.2, -0.15) is 0 Å². The maximum atomic E-state index is 12.2. The Morgan fingerprint density at radius 2 is 2.33 bits per heavy atom. The quantitative estimate of drug-likeness (QED) is 0.907. The van der Waals surface area contributed by atoms with Crippen LogP contribution in [-0.4, -0.2) is 30.2 Å². The second-order valence-corrected chi connectivity index (χ2v) is 5.10. The Hall–Kier alpha value is -1.79. The number of hydrogen-bond acceptors (Lipinski definition) is 5. The molecule has 114 valence electrons. The molecule has 6 nitrogen and oxygen atoms in total. The van der Waals surface area contributed by atoms with Crippen molar-refractivity contribution in [1.82, 2.24) is 15.8 Å². The Labute approximate surface area is 128 Å². The van der Waals surface area contributed by atoms with Gasteiger partial charge in [0.15, 0.2) is 11.5 Å². The van der Waals surface area contributed by atoms with Crippen molar-refractivity contribution in [1.29, 1.82) is 0 Å². The lowest BCUT2D eigenvalue weighted by Gasteiger charge is -2.29. The fraction of sp³-hybridized carbons (Fsp3) is 0.429. The summed E-state index contributed by atoms with van der Waals surface area (Å²) in [6, 6.07) is 5.29. The molecule has 0 radical (unpaired) electrons. The van der Waals surface area contributed by atoms with E-state index in [9.17, 15) is 4.79 Å². The molecule has 0 aromatic carbocycles. The molecule has 3 rings (SSSR count). The van der Waals surface area contributed by atoms with Crippen molar-refractivity contribution in [2.75, 3.05) is 13.1 Å². The fourth-order valence-corrected chi connectivity index (χ4v) is 2.39. The summed E-state index contributed by atoms with van der Waals surface area (Å²) in [7, 11) is 0. The lowest BCUT2D eigenvalue weighted by Crippen LogP contribution is -2.48. The highest BCUT2D eigenvalue weighted by Gasteiger charge is 2.24. The minimum Gasteiger partial charge on any atom is -0.461 e. The van der Waals surface area contributed by atoms with E-state index >= 15 is 0 Å². The zero-order chi connectivity index (χ0) is 13.9. The van der Waals surface area contributed by atoms with Crippen LogP contribution in [-0.2, 0) is 0 Å². The first kappa shape index (κ1) is 15.6. The highest BCUT2D eigenvalue weighted by Crippen LogP contribution is 2.20. The van der Waals surface area contributed by atoms with Crippen molar-refractivity contribution < 1.29 is 13.7 Å². The van der Waals surface area contributed by atoms with Gasteiger partial charge in [-0.05, 0) is 37.6 Å². The number of carbonyl (C=O) groups is 1. The number of aromatic nitrogens is 1. The van der Waals surface area contributed by atoms with E-state index in [0.717, 1.165) is 19.5 Å². The molecule has 1 aliphatic heterocycles. The molecule has 1 saturated heterocycles.